The summed E-state index contributed by atoms with van der Waals surface area (Å²) in [5, 5.41) is 9.05. The highest BCUT2D eigenvalue weighted by Gasteiger charge is 2.26. The largest absolute Gasteiger partial charge is 0.478 e. The number of hydrogen-bond donors (Lipinski definition) is 1. The maximum absolute atomic E-state index is 13.0. The standard InChI is InChI=1S/C22H24N2O3/c25-21(19-12-17-4-1-2-6-20(17)23-13-19)24-11-3-5-18(14-24)15-7-9-16(10-8-15)22(26)27/h7-10,12-13,18H,1-6,11,14H2,(H,26,27). The summed E-state index contributed by atoms with van der Waals surface area (Å²) in [6.45, 7) is 1.43. The zero-order valence-electron chi connectivity index (χ0n) is 15.4. The summed E-state index contributed by atoms with van der Waals surface area (Å²) in [6.07, 6.45) is 8.09. The molecule has 1 fully saturated rings. The van der Waals surface area contributed by atoms with Gasteiger partial charge in [0, 0.05) is 30.9 Å². The van der Waals surface area contributed by atoms with E-state index in [1.165, 1.54) is 18.4 Å². The van der Waals surface area contributed by atoms with Crippen molar-refractivity contribution in [2.75, 3.05) is 13.1 Å². The maximum atomic E-state index is 13.0. The molecule has 1 unspecified atom stereocenters. The first-order valence-electron chi connectivity index (χ1n) is 9.72. The summed E-state index contributed by atoms with van der Waals surface area (Å²) in [6, 6.07) is 9.08. The lowest BCUT2D eigenvalue weighted by atomic mass is 9.89. The third-order valence-corrected chi connectivity index (χ3v) is 5.75. The van der Waals surface area contributed by atoms with Crippen LogP contribution in [0.1, 0.15) is 69.1 Å². The second kappa shape index (κ2) is 7.51. The molecule has 2 heterocycles. The maximum Gasteiger partial charge on any atom is 0.335 e. The van der Waals surface area contributed by atoms with E-state index in [0.717, 1.165) is 43.5 Å². The van der Waals surface area contributed by atoms with Crippen molar-refractivity contribution in [3.8, 4) is 0 Å². The van der Waals surface area contributed by atoms with Gasteiger partial charge in [0.15, 0.2) is 0 Å². The summed E-state index contributed by atoms with van der Waals surface area (Å²) in [7, 11) is 0. The normalized spacial score (nSPS) is 19.4. The van der Waals surface area contributed by atoms with E-state index in [4.69, 9.17) is 5.11 Å². The number of amides is 1. The molecule has 0 spiro atoms. The molecule has 5 nitrogen and oxygen atoms in total. The van der Waals surface area contributed by atoms with Crippen LogP contribution in [0.15, 0.2) is 36.5 Å². The molecule has 0 saturated carbocycles. The van der Waals surface area contributed by atoms with Gasteiger partial charge in [-0.25, -0.2) is 4.79 Å². The Morgan fingerprint density at radius 3 is 2.59 bits per heavy atom. The smallest absolute Gasteiger partial charge is 0.335 e. The molecule has 1 aromatic carbocycles. The van der Waals surface area contributed by atoms with Crippen LogP contribution in [0.3, 0.4) is 0 Å². The van der Waals surface area contributed by atoms with Crippen molar-refractivity contribution in [3.63, 3.8) is 0 Å². The fourth-order valence-electron chi connectivity index (χ4n) is 4.22. The van der Waals surface area contributed by atoms with Crippen LogP contribution in [0.25, 0.3) is 0 Å². The molecule has 2 aliphatic rings. The van der Waals surface area contributed by atoms with Crippen molar-refractivity contribution < 1.29 is 14.7 Å². The zero-order chi connectivity index (χ0) is 18.8. The fraction of sp³-hybridized carbons (Fsp3) is 0.409. The number of piperidine rings is 1. The van der Waals surface area contributed by atoms with Crippen molar-refractivity contribution >= 4 is 11.9 Å². The van der Waals surface area contributed by atoms with E-state index in [9.17, 15) is 9.59 Å². The summed E-state index contributed by atoms with van der Waals surface area (Å²) in [5.74, 6) is -0.610. The van der Waals surface area contributed by atoms with Crippen molar-refractivity contribution in [1.29, 1.82) is 0 Å². The van der Waals surface area contributed by atoms with E-state index in [1.807, 2.05) is 23.1 Å². The number of aromatic carboxylic acids is 1. The van der Waals surface area contributed by atoms with Crippen molar-refractivity contribution in [2.24, 2.45) is 0 Å². The Hall–Kier alpha value is -2.69. The average Bonchev–Trinajstić information content (AvgIpc) is 2.73. The molecule has 27 heavy (non-hydrogen) atoms. The van der Waals surface area contributed by atoms with Gasteiger partial charge in [-0.05, 0) is 67.9 Å². The molecular weight excluding hydrogens is 340 g/mol. The molecule has 0 radical (unpaired) electrons. The van der Waals surface area contributed by atoms with Crippen molar-refractivity contribution in [1.82, 2.24) is 9.88 Å². The first kappa shape index (κ1) is 17.7. The quantitative estimate of drug-likeness (QED) is 0.902. The first-order chi connectivity index (χ1) is 13.1. The van der Waals surface area contributed by atoms with Gasteiger partial charge in [-0.1, -0.05) is 12.1 Å². The molecule has 1 atom stereocenters. The molecule has 5 heteroatoms. The molecule has 1 saturated heterocycles. The molecule has 4 rings (SSSR count). The summed E-state index contributed by atoms with van der Waals surface area (Å²) in [4.78, 5) is 30.5. The van der Waals surface area contributed by atoms with Crippen molar-refractivity contribution in [3.05, 3.63) is 64.5 Å². The lowest BCUT2D eigenvalue weighted by Gasteiger charge is -2.33. The number of carboxylic acids is 1. The number of pyridine rings is 1. The van der Waals surface area contributed by atoms with E-state index >= 15 is 0 Å². The summed E-state index contributed by atoms with van der Waals surface area (Å²) in [5.41, 5.74) is 4.46. The van der Waals surface area contributed by atoms with E-state index in [0.29, 0.717) is 17.7 Å². The van der Waals surface area contributed by atoms with Gasteiger partial charge in [0.1, 0.15) is 0 Å². The second-order valence-electron chi connectivity index (χ2n) is 7.55. The summed E-state index contributed by atoms with van der Waals surface area (Å²) >= 11 is 0. The highest BCUT2D eigenvalue weighted by atomic mass is 16.4. The highest BCUT2D eigenvalue weighted by molar-refractivity contribution is 5.94. The molecule has 1 aromatic heterocycles. The first-order valence-corrected chi connectivity index (χ1v) is 9.72. The van der Waals surface area contributed by atoms with Gasteiger partial charge in [0.05, 0.1) is 11.1 Å². The number of benzene rings is 1. The molecular formula is C22H24N2O3. The molecule has 1 amide bonds. The number of nitrogens with zero attached hydrogens (tertiary/aromatic N) is 2. The molecule has 140 valence electrons. The number of hydrogen-bond acceptors (Lipinski definition) is 3. The van der Waals surface area contributed by atoms with Crippen LogP contribution in [0.4, 0.5) is 0 Å². The number of carbonyl (C=O) groups is 2. The van der Waals surface area contributed by atoms with E-state index in [2.05, 4.69) is 4.98 Å². The van der Waals surface area contributed by atoms with E-state index in [-0.39, 0.29) is 11.8 Å². The van der Waals surface area contributed by atoms with Gasteiger partial charge >= 0.3 is 5.97 Å². The van der Waals surface area contributed by atoms with Crippen LogP contribution < -0.4 is 0 Å². The zero-order valence-corrected chi connectivity index (χ0v) is 15.4. The van der Waals surface area contributed by atoms with Crippen LogP contribution in [-0.2, 0) is 12.8 Å². The molecule has 1 N–H and O–H groups in total. The highest BCUT2D eigenvalue weighted by Crippen LogP contribution is 2.28. The molecule has 0 bridgehead atoms. The Balaban J connectivity index is 1.49. The predicted molar refractivity (Wildman–Crippen MR) is 102 cm³/mol. The predicted octanol–water partition coefficient (Wildman–Crippen LogP) is 3.68. The van der Waals surface area contributed by atoms with Gasteiger partial charge in [0.25, 0.3) is 5.91 Å². The second-order valence-corrected chi connectivity index (χ2v) is 7.55. The van der Waals surface area contributed by atoms with Gasteiger partial charge in [-0.3, -0.25) is 9.78 Å². The van der Waals surface area contributed by atoms with Crippen LogP contribution in [-0.4, -0.2) is 40.0 Å². The third kappa shape index (κ3) is 3.72. The number of carbonyl (C=O) groups excluding carboxylic acids is 1. The molecule has 1 aliphatic heterocycles. The lowest BCUT2D eigenvalue weighted by molar-refractivity contribution is 0.0693. The van der Waals surface area contributed by atoms with Gasteiger partial charge in [-0.2, -0.15) is 0 Å². The molecule has 2 aromatic rings. The molecule has 1 aliphatic carbocycles. The Morgan fingerprint density at radius 2 is 1.81 bits per heavy atom. The number of likely N-dealkylation sites (tertiary alicyclic amines) is 1. The SMILES string of the molecule is O=C(O)c1ccc(C2CCCN(C(=O)c3cnc4c(c3)CCCC4)C2)cc1. The van der Waals surface area contributed by atoms with Gasteiger partial charge in [-0.15, -0.1) is 0 Å². The Labute approximate surface area is 159 Å². The number of rotatable bonds is 3. The Kier molecular flexibility index (Phi) is 4.92. The van der Waals surface area contributed by atoms with Crippen LogP contribution in [0.5, 0.6) is 0 Å². The minimum Gasteiger partial charge on any atom is -0.478 e. The van der Waals surface area contributed by atoms with Gasteiger partial charge < -0.3 is 10.0 Å². The van der Waals surface area contributed by atoms with Gasteiger partial charge in [0.2, 0.25) is 0 Å². The number of fused-ring (bicyclic) bond motifs is 1. The lowest BCUT2D eigenvalue weighted by Crippen LogP contribution is -2.39. The third-order valence-electron chi connectivity index (χ3n) is 5.75. The van der Waals surface area contributed by atoms with E-state index < -0.39 is 5.97 Å². The minimum absolute atomic E-state index is 0.0581. The summed E-state index contributed by atoms with van der Waals surface area (Å²) < 4.78 is 0. The number of carboxylic acid groups (broad SMARTS) is 1. The number of aromatic nitrogens is 1. The van der Waals surface area contributed by atoms with E-state index in [1.54, 1.807) is 18.3 Å². The fourth-order valence-corrected chi connectivity index (χ4v) is 4.22. The minimum atomic E-state index is -0.915. The Morgan fingerprint density at radius 1 is 1.04 bits per heavy atom. The topological polar surface area (TPSA) is 70.5 Å². The monoisotopic (exact) mass is 364 g/mol. The number of aryl methyl sites for hydroxylation is 2. The van der Waals surface area contributed by atoms with Crippen LogP contribution >= 0.6 is 0 Å². The van der Waals surface area contributed by atoms with Crippen LogP contribution in [0, 0.1) is 0 Å². The van der Waals surface area contributed by atoms with Crippen LogP contribution in [0.2, 0.25) is 0 Å². The Bertz CT molecular complexity index is 860. The average molecular weight is 364 g/mol. The van der Waals surface area contributed by atoms with Crippen molar-refractivity contribution in [2.45, 2.75) is 44.4 Å².